The summed E-state index contributed by atoms with van der Waals surface area (Å²) < 4.78 is 4.98. The fourth-order valence-electron chi connectivity index (χ4n) is 1.89. The van der Waals surface area contributed by atoms with E-state index in [1.54, 1.807) is 20.8 Å². The number of amides is 1. The van der Waals surface area contributed by atoms with Gasteiger partial charge in [0.05, 0.1) is 4.92 Å². The van der Waals surface area contributed by atoms with Gasteiger partial charge in [-0.2, -0.15) is 0 Å². The average Bonchev–Trinajstić information content (AvgIpc) is 2.43. The lowest BCUT2D eigenvalue weighted by Crippen LogP contribution is -2.44. The van der Waals surface area contributed by atoms with Crippen LogP contribution >= 0.6 is 0 Å². The minimum absolute atomic E-state index is 0.0214. The van der Waals surface area contributed by atoms with E-state index in [1.807, 2.05) is 0 Å². The van der Waals surface area contributed by atoms with Crippen LogP contribution in [0.4, 0.5) is 10.5 Å². The summed E-state index contributed by atoms with van der Waals surface area (Å²) in [6.45, 7) is 4.84. The van der Waals surface area contributed by atoms with E-state index in [9.17, 15) is 29.6 Å². The van der Waals surface area contributed by atoms with Crippen LogP contribution in [0.5, 0.6) is 0 Å². The van der Waals surface area contributed by atoms with E-state index in [0.29, 0.717) is 6.29 Å². The van der Waals surface area contributed by atoms with Crippen molar-refractivity contribution >= 4 is 24.0 Å². The van der Waals surface area contributed by atoms with Crippen LogP contribution in [-0.4, -0.2) is 40.0 Å². The van der Waals surface area contributed by atoms with Crippen LogP contribution in [0.3, 0.4) is 0 Å². The molecule has 0 radical (unpaired) electrons. The predicted molar refractivity (Wildman–Crippen MR) is 83.0 cm³/mol. The maximum atomic E-state index is 11.7. The van der Waals surface area contributed by atoms with Crippen LogP contribution in [0.15, 0.2) is 18.2 Å². The third kappa shape index (κ3) is 5.67. The molecule has 0 aromatic heterocycles. The van der Waals surface area contributed by atoms with Gasteiger partial charge in [-0.25, -0.2) is 9.59 Å². The number of aliphatic carboxylic acids is 1. The maximum absolute atomic E-state index is 11.7. The Morgan fingerprint density at radius 1 is 1.42 bits per heavy atom. The molecule has 0 aliphatic carbocycles. The van der Waals surface area contributed by atoms with Gasteiger partial charge in [0.25, 0.3) is 5.69 Å². The van der Waals surface area contributed by atoms with Crippen LogP contribution < -0.4 is 5.32 Å². The number of carboxylic acid groups (broad SMARTS) is 1. The Labute approximate surface area is 137 Å². The minimum atomic E-state index is -1.44. The number of benzene rings is 1. The number of hydrogen-bond donors (Lipinski definition) is 2. The molecule has 0 saturated heterocycles. The van der Waals surface area contributed by atoms with Gasteiger partial charge in [0.15, 0.2) is 0 Å². The van der Waals surface area contributed by atoms with Crippen molar-refractivity contribution in [1.82, 2.24) is 5.32 Å². The first-order chi connectivity index (χ1) is 11.0. The number of nitrogens with one attached hydrogen (secondary N) is 1. The number of rotatable bonds is 6. The van der Waals surface area contributed by atoms with Gasteiger partial charge >= 0.3 is 12.1 Å². The summed E-state index contributed by atoms with van der Waals surface area (Å²) >= 11 is 0. The monoisotopic (exact) mass is 338 g/mol. The van der Waals surface area contributed by atoms with Gasteiger partial charge < -0.3 is 15.2 Å². The van der Waals surface area contributed by atoms with Crippen LogP contribution in [0, 0.1) is 10.1 Å². The van der Waals surface area contributed by atoms with E-state index in [0.717, 1.165) is 6.07 Å². The second kappa shape index (κ2) is 7.53. The van der Waals surface area contributed by atoms with Crippen molar-refractivity contribution in [2.75, 3.05) is 0 Å². The zero-order chi connectivity index (χ0) is 18.5. The molecule has 1 aromatic rings. The Morgan fingerprint density at radius 3 is 2.50 bits per heavy atom. The van der Waals surface area contributed by atoms with Gasteiger partial charge in [-0.3, -0.25) is 14.9 Å². The van der Waals surface area contributed by atoms with E-state index in [1.165, 1.54) is 12.1 Å². The second-order valence-electron chi connectivity index (χ2n) is 6.00. The molecule has 1 rings (SSSR count). The molecule has 9 nitrogen and oxygen atoms in total. The molecule has 24 heavy (non-hydrogen) atoms. The van der Waals surface area contributed by atoms with Gasteiger partial charge in [-0.15, -0.1) is 0 Å². The lowest BCUT2D eigenvalue weighted by atomic mass is 10.0. The van der Waals surface area contributed by atoms with Gasteiger partial charge in [0, 0.05) is 23.6 Å². The summed E-state index contributed by atoms with van der Waals surface area (Å²) in [4.78, 5) is 44.2. The van der Waals surface area contributed by atoms with Crippen molar-refractivity contribution in [1.29, 1.82) is 0 Å². The standard InChI is InChI=1S/C15H18N2O7/c1-15(2,3)24-14(21)16-11(13(19)20)7-10-6-9(8-18)4-5-12(10)17(22)23/h4-6,8,11H,7H2,1-3H3,(H,16,21)(H,19,20)/t11-/m0/s1. The summed E-state index contributed by atoms with van der Waals surface area (Å²) in [5.41, 5.74) is -0.973. The predicted octanol–water partition coefficient (Wildman–Crippen LogP) is 1.93. The molecule has 1 aromatic carbocycles. The highest BCUT2D eigenvalue weighted by Gasteiger charge is 2.27. The van der Waals surface area contributed by atoms with E-state index >= 15 is 0 Å². The van der Waals surface area contributed by atoms with E-state index < -0.39 is 28.6 Å². The molecule has 0 unspecified atom stereocenters. The van der Waals surface area contributed by atoms with Crippen molar-refractivity contribution in [2.45, 2.75) is 38.8 Å². The molecule has 0 saturated carbocycles. The quantitative estimate of drug-likeness (QED) is 0.459. The highest BCUT2D eigenvalue weighted by molar-refractivity contribution is 5.81. The molecule has 2 N–H and O–H groups in total. The number of carbonyl (C=O) groups excluding carboxylic acids is 2. The van der Waals surface area contributed by atoms with E-state index in [4.69, 9.17) is 4.74 Å². The molecule has 0 heterocycles. The SMILES string of the molecule is CC(C)(C)OC(=O)N[C@@H](Cc1cc(C=O)ccc1[N+](=O)[O-])C(=O)O. The number of ether oxygens (including phenoxy) is 1. The number of carboxylic acids is 1. The molecule has 0 bridgehead atoms. The third-order valence-electron chi connectivity index (χ3n) is 2.85. The Morgan fingerprint density at radius 2 is 2.04 bits per heavy atom. The van der Waals surface area contributed by atoms with Crippen molar-refractivity contribution in [3.05, 3.63) is 39.4 Å². The number of aldehydes is 1. The summed E-state index contributed by atoms with van der Waals surface area (Å²) in [6.07, 6.45) is -0.833. The third-order valence-corrected chi connectivity index (χ3v) is 2.85. The normalized spacial score (nSPS) is 12.1. The van der Waals surface area contributed by atoms with Crippen molar-refractivity contribution in [3.8, 4) is 0 Å². The molecule has 9 heteroatoms. The van der Waals surface area contributed by atoms with Crippen molar-refractivity contribution in [2.24, 2.45) is 0 Å². The lowest BCUT2D eigenvalue weighted by Gasteiger charge is -2.22. The molecule has 0 spiro atoms. The molecule has 0 fully saturated rings. The Bertz CT molecular complexity index is 664. The molecule has 1 amide bonds. The topological polar surface area (TPSA) is 136 Å². The summed E-state index contributed by atoms with van der Waals surface area (Å²) in [5, 5.41) is 22.4. The first-order valence-corrected chi connectivity index (χ1v) is 6.98. The van der Waals surface area contributed by atoms with Gasteiger partial charge in [0.2, 0.25) is 0 Å². The number of nitrogens with zero attached hydrogens (tertiary/aromatic N) is 1. The molecule has 1 atom stereocenters. The number of carbonyl (C=O) groups is 3. The zero-order valence-electron chi connectivity index (χ0n) is 13.4. The minimum Gasteiger partial charge on any atom is -0.480 e. The second-order valence-corrected chi connectivity index (χ2v) is 6.00. The van der Waals surface area contributed by atoms with Crippen LogP contribution in [0.1, 0.15) is 36.7 Å². The average molecular weight is 338 g/mol. The van der Waals surface area contributed by atoms with Gasteiger partial charge in [-0.05, 0) is 32.9 Å². The molecule has 130 valence electrons. The number of hydrogen-bond acceptors (Lipinski definition) is 6. The molecule has 0 aliphatic rings. The van der Waals surface area contributed by atoms with Crippen molar-refractivity contribution < 1.29 is 29.2 Å². The van der Waals surface area contributed by atoms with Crippen LogP contribution in [-0.2, 0) is 16.0 Å². The number of nitro benzene ring substituents is 1. The van der Waals surface area contributed by atoms with Gasteiger partial charge in [0.1, 0.15) is 17.9 Å². The summed E-state index contributed by atoms with van der Waals surface area (Å²) in [7, 11) is 0. The Balaban J connectivity index is 3.04. The van der Waals surface area contributed by atoms with Crippen molar-refractivity contribution in [3.63, 3.8) is 0 Å². The number of alkyl carbamates (subject to hydrolysis) is 1. The van der Waals surface area contributed by atoms with Crippen LogP contribution in [0.2, 0.25) is 0 Å². The van der Waals surface area contributed by atoms with Crippen LogP contribution in [0.25, 0.3) is 0 Å². The Kier molecular flexibility index (Phi) is 5.99. The maximum Gasteiger partial charge on any atom is 0.408 e. The largest absolute Gasteiger partial charge is 0.480 e. The first kappa shape index (κ1) is 19.1. The van der Waals surface area contributed by atoms with E-state index in [2.05, 4.69) is 5.32 Å². The fourth-order valence-corrected chi connectivity index (χ4v) is 1.89. The highest BCUT2D eigenvalue weighted by atomic mass is 16.6. The highest BCUT2D eigenvalue weighted by Crippen LogP contribution is 2.21. The summed E-state index contributed by atoms with van der Waals surface area (Å²) in [5.74, 6) is -1.38. The fraction of sp³-hybridized carbons (Fsp3) is 0.400. The first-order valence-electron chi connectivity index (χ1n) is 6.98. The molecular weight excluding hydrogens is 320 g/mol. The van der Waals surface area contributed by atoms with E-state index in [-0.39, 0.29) is 23.2 Å². The lowest BCUT2D eigenvalue weighted by molar-refractivity contribution is -0.385. The number of nitro groups is 1. The summed E-state index contributed by atoms with van der Waals surface area (Å²) in [6, 6.07) is 2.15. The zero-order valence-corrected chi connectivity index (χ0v) is 13.4. The molecular formula is C15H18N2O7. The smallest absolute Gasteiger partial charge is 0.408 e. The Hall–Kier alpha value is -2.97. The van der Waals surface area contributed by atoms with Gasteiger partial charge in [-0.1, -0.05) is 0 Å². The molecule has 0 aliphatic heterocycles.